The first kappa shape index (κ1) is 25.2. The number of halogens is 1. The van der Waals surface area contributed by atoms with E-state index in [1.165, 1.54) is 24.0 Å². The third-order valence-corrected chi connectivity index (χ3v) is 8.34. The lowest BCUT2D eigenvalue weighted by molar-refractivity contribution is -0.137. The lowest BCUT2D eigenvalue weighted by Crippen LogP contribution is -2.48. The molecular weight excluding hydrogens is 486 g/mol. The van der Waals surface area contributed by atoms with E-state index in [1.54, 1.807) is 29.2 Å². The van der Waals surface area contributed by atoms with Gasteiger partial charge in [0.1, 0.15) is 11.6 Å². The van der Waals surface area contributed by atoms with Crippen LogP contribution in [0.5, 0.6) is 0 Å². The number of carbonyl (C=O) groups is 3. The van der Waals surface area contributed by atoms with E-state index >= 15 is 0 Å². The molecule has 11 nitrogen and oxygen atoms in total. The summed E-state index contributed by atoms with van der Waals surface area (Å²) in [5.41, 5.74) is -0.295. The Morgan fingerprint density at radius 2 is 2.06 bits per heavy atom. The molecule has 180 valence electrons. The fraction of sp³-hybridized carbons (Fsp3) is 0.381. The predicted molar refractivity (Wildman–Crippen MR) is 120 cm³/mol. The molecule has 1 aliphatic carbocycles. The van der Waals surface area contributed by atoms with Crippen LogP contribution in [0.15, 0.2) is 41.6 Å². The first-order valence-corrected chi connectivity index (χ1v) is 12.1. The summed E-state index contributed by atoms with van der Waals surface area (Å²) < 4.78 is 28.2. The van der Waals surface area contributed by atoms with Crippen molar-refractivity contribution in [1.82, 2.24) is 20.0 Å². The number of nitrogens with one attached hydrogen (secondary N) is 1. The molecule has 0 radical (unpaired) electrons. The summed E-state index contributed by atoms with van der Waals surface area (Å²) in [7, 11) is -3.92. The largest absolute Gasteiger partial charge is 0.483 e. The molecule has 0 unspecified atom stereocenters. The highest BCUT2D eigenvalue weighted by Crippen LogP contribution is 2.36. The highest BCUT2D eigenvalue weighted by Gasteiger charge is 2.50. The van der Waals surface area contributed by atoms with Gasteiger partial charge in [-0.3, -0.25) is 14.4 Å². The van der Waals surface area contributed by atoms with Crippen LogP contribution < -0.4 is 5.32 Å². The van der Waals surface area contributed by atoms with Crippen LogP contribution in [0.3, 0.4) is 0 Å². The highest BCUT2D eigenvalue weighted by atomic mass is 35.5. The van der Waals surface area contributed by atoms with E-state index in [2.05, 4.69) is 16.5 Å². The van der Waals surface area contributed by atoms with Crippen LogP contribution in [-0.4, -0.2) is 69.9 Å². The van der Waals surface area contributed by atoms with Gasteiger partial charge in [0, 0.05) is 25.9 Å². The Balaban J connectivity index is 0.00000103. The first-order valence-electron chi connectivity index (χ1n) is 10.2. The van der Waals surface area contributed by atoms with Crippen molar-refractivity contribution in [3.8, 4) is 11.8 Å². The van der Waals surface area contributed by atoms with Gasteiger partial charge in [0.15, 0.2) is 9.84 Å². The Bertz CT molecular complexity index is 1240. The van der Waals surface area contributed by atoms with Gasteiger partial charge < -0.3 is 15.3 Å². The number of likely N-dealkylation sites (tertiary alicyclic amines) is 1. The monoisotopic (exact) mass is 507 g/mol. The molecule has 1 aromatic carbocycles. The Morgan fingerprint density at radius 1 is 1.38 bits per heavy atom. The van der Waals surface area contributed by atoms with Crippen LogP contribution in [0.4, 0.5) is 0 Å². The van der Waals surface area contributed by atoms with Gasteiger partial charge in [-0.1, -0.05) is 11.6 Å². The van der Waals surface area contributed by atoms with Gasteiger partial charge in [-0.2, -0.15) is 10.4 Å². The summed E-state index contributed by atoms with van der Waals surface area (Å²) in [6.45, 7) is 0.921. The first-order chi connectivity index (χ1) is 16.1. The number of rotatable bonds is 5. The van der Waals surface area contributed by atoms with Crippen LogP contribution in [0.25, 0.3) is 5.69 Å². The molecule has 1 aliphatic heterocycles. The maximum absolute atomic E-state index is 13.3. The fourth-order valence-electron chi connectivity index (χ4n) is 3.79. The molecule has 0 spiro atoms. The van der Waals surface area contributed by atoms with E-state index in [-0.39, 0.29) is 29.4 Å². The van der Waals surface area contributed by atoms with Crippen LogP contribution in [0.1, 0.15) is 26.2 Å². The molecule has 1 saturated carbocycles. The zero-order valence-corrected chi connectivity index (χ0v) is 19.7. The molecule has 2 aliphatic rings. The molecule has 4 rings (SSSR count). The average molecular weight is 508 g/mol. The Kier molecular flexibility index (Phi) is 7.28. The molecule has 0 bridgehead atoms. The average Bonchev–Trinajstić information content (AvgIpc) is 3.20. The number of hydrogen-bond acceptors (Lipinski definition) is 7. The Morgan fingerprint density at radius 3 is 2.56 bits per heavy atom. The van der Waals surface area contributed by atoms with Crippen molar-refractivity contribution in [3.05, 3.63) is 41.7 Å². The summed E-state index contributed by atoms with van der Waals surface area (Å²) in [5, 5.41) is 21.9. The van der Waals surface area contributed by atoms with Crippen molar-refractivity contribution >= 4 is 39.7 Å². The summed E-state index contributed by atoms with van der Waals surface area (Å²) >= 11 is 6.31. The second-order valence-electron chi connectivity index (χ2n) is 7.94. The Hall–Kier alpha value is -3.43. The molecule has 2 amide bonds. The lowest BCUT2D eigenvalue weighted by atomic mass is 10.2. The topological polar surface area (TPSA) is 162 Å². The molecule has 2 aromatic rings. The third-order valence-electron chi connectivity index (χ3n) is 5.73. The second-order valence-corrected chi connectivity index (χ2v) is 10.5. The van der Waals surface area contributed by atoms with E-state index < -0.39 is 38.5 Å². The van der Waals surface area contributed by atoms with Gasteiger partial charge in [-0.05, 0) is 43.5 Å². The van der Waals surface area contributed by atoms with Crippen LogP contribution in [-0.2, 0) is 24.2 Å². The van der Waals surface area contributed by atoms with Crippen molar-refractivity contribution in [2.75, 3.05) is 6.54 Å². The smallest absolute Gasteiger partial charge is 0.290 e. The SMILES string of the molecule is CC(=O)N1C[C@H](S(=O)(=O)c2ccc(-n3cccn3)cc2Cl)C[C@H]1C(=O)NC1(C#N)CC1.O=CO. The molecule has 1 saturated heterocycles. The van der Waals surface area contributed by atoms with E-state index in [1.807, 2.05) is 0 Å². The minimum absolute atomic E-state index is 0.0386. The van der Waals surface area contributed by atoms with Crippen molar-refractivity contribution in [1.29, 1.82) is 5.26 Å². The van der Waals surface area contributed by atoms with E-state index in [4.69, 9.17) is 21.5 Å². The van der Waals surface area contributed by atoms with Crippen molar-refractivity contribution < 1.29 is 27.9 Å². The number of carbonyl (C=O) groups excluding carboxylic acids is 2. The van der Waals surface area contributed by atoms with Gasteiger partial charge in [-0.15, -0.1) is 0 Å². The number of amides is 2. The number of nitriles is 1. The molecule has 13 heteroatoms. The molecule has 1 aromatic heterocycles. The van der Waals surface area contributed by atoms with Crippen LogP contribution in [0, 0.1) is 11.3 Å². The molecule has 2 heterocycles. The minimum atomic E-state index is -3.92. The molecule has 34 heavy (non-hydrogen) atoms. The molecule has 2 atom stereocenters. The number of aromatic nitrogens is 2. The summed E-state index contributed by atoms with van der Waals surface area (Å²) in [6, 6.07) is 7.36. The fourth-order valence-corrected chi connectivity index (χ4v) is 6.03. The highest BCUT2D eigenvalue weighted by molar-refractivity contribution is 7.92. The maximum Gasteiger partial charge on any atom is 0.290 e. The van der Waals surface area contributed by atoms with E-state index in [0.717, 1.165) is 0 Å². The zero-order valence-electron chi connectivity index (χ0n) is 18.1. The zero-order chi connectivity index (χ0) is 25.1. The number of hydrogen-bond donors (Lipinski definition) is 2. The van der Waals surface area contributed by atoms with Gasteiger partial charge in [0.25, 0.3) is 6.47 Å². The summed E-state index contributed by atoms with van der Waals surface area (Å²) in [4.78, 5) is 34.4. The minimum Gasteiger partial charge on any atom is -0.483 e. The van der Waals surface area contributed by atoms with E-state index in [9.17, 15) is 23.3 Å². The quantitative estimate of drug-likeness (QED) is 0.569. The normalized spacial score (nSPS) is 20.4. The second kappa shape index (κ2) is 9.82. The molecular formula is C21H22ClN5O6S. The number of sulfone groups is 1. The van der Waals surface area contributed by atoms with Gasteiger partial charge in [0.2, 0.25) is 11.8 Å². The Labute approximate surface area is 200 Å². The lowest BCUT2D eigenvalue weighted by Gasteiger charge is -2.23. The number of benzene rings is 1. The maximum atomic E-state index is 13.3. The summed E-state index contributed by atoms with van der Waals surface area (Å²) in [6.07, 6.45) is 4.33. The van der Waals surface area contributed by atoms with Gasteiger partial charge >= 0.3 is 0 Å². The standard InChI is InChI=1S/C20H20ClN5O4S.CH2O2/c1-13(27)25-11-15(10-17(25)19(28)24-20(12-22)5-6-20)31(29,30)18-4-3-14(9-16(18)21)26-8-2-7-23-26;2-1-3/h2-4,7-9,15,17H,5-6,10-11H2,1H3,(H,24,28);1H,(H,2,3)/t15-,17+;/m1./s1. The van der Waals surface area contributed by atoms with Gasteiger partial charge in [0.05, 0.1) is 26.9 Å². The van der Waals surface area contributed by atoms with Crippen LogP contribution >= 0.6 is 11.6 Å². The van der Waals surface area contributed by atoms with E-state index in [0.29, 0.717) is 18.5 Å². The number of carboxylic acid groups (broad SMARTS) is 1. The van der Waals surface area contributed by atoms with Crippen molar-refractivity contribution in [3.63, 3.8) is 0 Å². The summed E-state index contributed by atoms with van der Waals surface area (Å²) in [5.74, 6) is -0.910. The van der Waals surface area contributed by atoms with Gasteiger partial charge in [-0.25, -0.2) is 13.1 Å². The molecule has 2 N–H and O–H groups in total. The predicted octanol–water partition coefficient (Wildman–Crippen LogP) is 1.16. The van der Waals surface area contributed by atoms with Crippen molar-refractivity contribution in [2.45, 2.75) is 47.9 Å². The van der Waals surface area contributed by atoms with Crippen molar-refractivity contribution in [2.24, 2.45) is 0 Å². The molecule has 2 fully saturated rings. The third kappa shape index (κ3) is 5.05. The van der Waals surface area contributed by atoms with Crippen LogP contribution in [0.2, 0.25) is 5.02 Å². The number of nitrogens with zero attached hydrogens (tertiary/aromatic N) is 4.